The van der Waals surface area contributed by atoms with Crippen LogP contribution < -0.4 is 0 Å². The smallest absolute Gasteiger partial charge is 0.311 e. The van der Waals surface area contributed by atoms with Gasteiger partial charge in [-0.2, -0.15) is 0 Å². The molecule has 2 aliphatic heterocycles. The molecule has 2 heterocycles. The summed E-state index contributed by atoms with van der Waals surface area (Å²) < 4.78 is 11.4. The van der Waals surface area contributed by atoms with Gasteiger partial charge in [0.05, 0.1) is 11.3 Å². The Morgan fingerprint density at radius 3 is 2.40 bits per heavy atom. The molecule has 0 aromatic carbocycles. The molecule has 0 N–H and O–H groups in total. The summed E-state index contributed by atoms with van der Waals surface area (Å²) in [5.41, 5.74) is -0.420. The zero-order valence-corrected chi connectivity index (χ0v) is 12.6. The van der Waals surface area contributed by atoms with Gasteiger partial charge in [0, 0.05) is 11.8 Å². The van der Waals surface area contributed by atoms with Crippen LogP contribution in [0.4, 0.5) is 0 Å². The lowest BCUT2D eigenvalue weighted by atomic mass is 9.66. The van der Waals surface area contributed by atoms with Gasteiger partial charge < -0.3 is 9.47 Å². The Labute approximate surface area is 120 Å². The average Bonchev–Trinajstić information content (AvgIpc) is 2.58. The number of rotatable bonds is 3. The summed E-state index contributed by atoms with van der Waals surface area (Å²) in [4.78, 5) is 24.2. The van der Waals surface area contributed by atoms with E-state index in [0.717, 1.165) is 32.1 Å². The summed E-state index contributed by atoms with van der Waals surface area (Å²) in [5.74, 6) is 0.523. The van der Waals surface area contributed by atoms with Crippen LogP contribution in [0.3, 0.4) is 0 Å². The van der Waals surface area contributed by atoms with E-state index in [9.17, 15) is 9.59 Å². The lowest BCUT2D eigenvalue weighted by Crippen LogP contribution is -2.46. The SMILES string of the molecule is CCC(C)(C)C(=O)OC1C2CC3CC1CC(C2)C(=O)O3. The molecule has 4 fully saturated rings. The molecule has 2 aliphatic carbocycles. The first kappa shape index (κ1) is 13.9. The van der Waals surface area contributed by atoms with Crippen LogP contribution in [-0.2, 0) is 19.1 Å². The van der Waals surface area contributed by atoms with Crippen molar-refractivity contribution in [2.75, 3.05) is 0 Å². The van der Waals surface area contributed by atoms with Crippen molar-refractivity contribution in [2.24, 2.45) is 23.2 Å². The van der Waals surface area contributed by atoms with Crippen molar-refractivity contribution in [1.82, 2.24) is 0 Å². The standard InChI is InChI=1S/C16H24O4/c1-4-16(2,3)15(18)20-13-9-5-11-6-10(13)8-12(7-9)19-14(11)17/h9-13H,4-8H2,1-3H3. The van der Waals surface area contributed by atoms with Gasteiger partial charge in [0.15, 0.2) is 0 Å². The Morgan fingerprint density at radius 1 is 1.25 bits per heavy atom. The summed E-state index contributed by atoms with van der Waals surface area (Å²) in [6.07, 6.45) is 4.22. The monoisotopic (exact) mass is 280 g/mol. The number of hydrogen-bond acceptors (Lipinski definition) is 4. The normalized spacial score (nSPS) is 39.4. The minimum atomic E-state index is -0.420. The van der Waals surface area contributed by atoms with Crippen molar-refractivity contribution in [3.63, 3.8) is 0 Å². The van der Waals surface area contributed by atoms with Crippen LogP contribution in [0.2, 0.25) is 0 Å². The maximum Gasteiger partial charge on any atom is 0.311 e. The summed E-state index contributed by atoms with van der Waals surface area (Å²) in [5, 5.41) is 0. The van der Waals surface area contributed by atoms with E-state index >= 15 is 0 Å². The van der Waals surface area contributed by atoms with E-state index in [-0.39, 0.29) is 30.1 Å². The van der Waals surface area contributed by atoms with Crippen molar-refractivity contribution in [3.8, 4) is 0 Å². The number of fused-ring (bicyclic) bond motifs is 1. The molecule has 4 bridgehead atoms. The van der Waals surface area contributed by atoms with Crippen molar-refractivity contribution < 1.29 is 19.1 Å². The Balaban J connectivity index is 1.74. The van der Waals surface area contributed by atoms with Crippen LogP contribution in [-0.4, -0.2) is 24.1 Å². The van der Waals surface area contributed by atoms with Crippen molar-refractivity contribution in [3.05, 3.63) is 0 Å². The third-order valence-electron chi connectivity index (χ3n) is 5.53. The van der Waals surface area contributed by atoms with Crippen LogP contribution in [0.15, 0.2) is 0 Å². The molecule has 2 saturated heterocycles. The van der Waals surface area contributed by atoms with Crippen LogP contribution in [0.1, 0.15) is 52.9 Å². The van der Waals surface area contributed by atoms with Crippen LogP contribution >= 0.6 is 0 Å². The van der Waals surface area contributed by atoms with Gasteiger partial charge in [-0.1, -0.05) is 6.92 Å². The highest BCUT2D eigenvalue weighted by molar-refractivity contribution is 5.76. The van der Waals surface area contributed by atoms with E-state index in [0.29, 0.717) is 11.8 Å². The number of carbonyl (C=O) groups excluding carboxylic acids is 2. The molecule has 4 heteroatoms. The van der Waals surface area contributed by atoms with Crippen LogP contribution in [0.5, 0.6) is 0 Å². The highest BCUT2D eigenvalue weighted by Gasteiger charge is 2.52. The van der Waals surface area contributed by atoms with Gasteiger partial charge in [0.25, 0.3) is 0 Å². The summed E-state index contributed by atoms with van der Waals surface area (Å²) in [7, 11) is 0. The summed E-state index contributed by atoms with van der Waals surface area (Å²) >= 11 is 0. The first-order valence-electron chi connectivity index (χ1n) is 7.82. The van der Waals surface area contributed by atoms with Gasteiger partial charge in [0.2, 0.25) is 0 Å². The van der Waals surface area contributed by atoms with Gasteiger partial charge >= 0.3 is 11.9 Å². The molecule has 4 rings (SSSR count). The van der Waals surface area contributed by atoms with Crippen molar-refractivity contribution in [1.29, 1.82) is 0 Å². The van der Waals surface area contributed by atoms with E-state index in [1.54, 1.807) is 0 Å². The quantitative estimate of drug-likeness (QED) is 0.746. The molecule has 20 heavy (non-hydrogen) atoms. The lowest BCUT2D eigenvalue weighted by Gasteiger charge is -2.43. The van der Waals surface area contributed by atoms with Gasteiger partial charge in [0.1, 0.15) is 12.2 Å². The molecule has 2 atom stereocenters. The fraction of sp³-hybridized carbons (Fsp3) is 0.875. The Hall–Kier alpha value is -1.06. The predicted octanol–water partition coefficient (Wildman–Crippen LogP) is 2.70. The molecule has 112 valence electrons. The molecular formula is C16H24O4. The van der Waals surface area contributed by atoms with Crippen LogP contribution in [0.25, 0.3) is 0 Å². The number of esters is 2. The second-order valence-corrected chi connectivity index (χ2v) is 7.33. The minimum Gasteiger partial charge on any atom is -0.462 e. The maximum absolute atomic E-state index is 12.3. The summed E-state index contributed by atoms with van der Waals surface area (Å²) in [6.45, 7) is 5.88. The lowest BCUT2D eigenvalue weighted by molar-refractivity contribution is -0.173. The minimum absolute atomic E-state index is 0.00433. The van der Waals surface area contributed by atoms with Crippen molar-refractivity contribution in [2.45, 2.75) is 65.1 Å². The molecule has 4 nitrogen and oxygen atoms in total. The molecular weight excluding hydrogens is 256 g/mol. The fourth-order valence-corrected chi connectivity index (χ4v) is 3.88. The maximum atomic E-state index is 12.3. The largest absolute Gasteiger partial charge is 0.462 e. The molecule has 0 spiro atoms. The predicted molar refractivity (Wildman–Crippen MR) is 72.8 cm³/mol. The van der Waals surface area contributed by atoms with Gasteiger partial charge in [-0.3, -0.25) is 9.59 Å². The molecule has 4 aliphatic rings. The van der Waals surface area contributed by atoms with Gasteiger partial charge in [-0.05, 0) is 46.0 Å². The van der Waals surface area contributed by atoms with E-state index in [1.807, 2.05) is 20.8 Å². The fourth-order valence-electron chi connectivity index (χ4n) is 3.88. The number of hydrogen-bond donors (Lipinski definition) is 0. The first-order chi connectivity index (χ1) is 9.40. The first-order valence-corrected chi connectivity index (χ1v) is 7.82. The molecule has 0 amide bonds. The third-order valence-corrected chi connectivity index (χ3v) is 5.53. The molecule has 0 aromatic rings. The molecule has 2 saturated carbocycles. The molecule has 0 aromatic heterocycles. The van der Waals surface area contributed by atoms with Gasteiger partial charge in [-0.25, -0.2) is 0 Å². The molecule has 2 unspecified atom stereocenters. The van der Waals surface area contributed by atoms with E-state index < -0.39 is 5.41 Å². The number of carbonyl (C=O) groups is 2. The Kier molecular flexibility index (Phi) is 3.30. The average molecular weight is 280 g/mol. The highest BCUT2D eigenvalue weighted by Crippen LogP contribution is 2.48. The molecule has 0 radical (unpaired) electrons. The second kappa shape index (κ2) is 4.74. The Bertz CT molecular complexity index is 412. The van der Waals surface area contributed by atoms with Crippen molar-refractivity contribution >= 4 is 11.9 Å². The highest BCUT2D eigenvalue weighted by atomic mass is 16.6. The Morgan fingerprint density at radius 2 is 1.85 bits per heavy atom. The van der Waals surface area contributed by atoms with E-state index in [4.69, 9.17) is 9.47 Å². The van der Waals surface area contributed by atoms with Crippen LogP contribution in [0, 0.1) is 23.2 Å². The summed E-state index contributed by atoms with van der Waals surface area (Å²) in [6, 6.07) is 0. The zero-order valence-electron chi connectivity index (χ0n) is 12.6. The topological polar surface area (TPSA) is 52.6 Å². The zero-order chi connectivity index (χ0) is 14.5. The third kappa shape index (κ3) is 2.23. The van der Waals surface area contributed by atoms with E-state index in [2.05, 4.69) is 0 Å². The van der Waals surface area contributed by atoms with E-state index in [1.165, 1.54) is 0 Å². The van der Waals surface area contributed by atoms with Gasteiger partial charge in [-0.15, -0.1) is 0 Å². The second-order valence-electron chi connectivity index (χ2n) is 7.33. The number of ether oxygens (including phenoxy) is 2.